The molecule has 0 aliphatic heterocycles. The third kappa shape index (κ3) is 7.62. The first-order valence-electron chi connectivity index (χ1n) is 5.74. The molecule has 0 bridgehead atoms. The highest BCUT2D eigenvalue weighted by Crippen LogP contribution is 2.04. The second-order valence-electron chi connectivity index (χ2n) is 3.81. The first kappa shape index (κ1) is 15.3. The molecule has 0 spiro atoms. The molecule has 16 heavy (non-hydrogen) atoms. The van der Waals surface area contributed by atoms with Crippen LogP contribution in [0.1, 0.15) is 39.0 Å². The number of aliphatic hydroxyl groups excluding tert-OH is 3. The maximum Gasteiger partial charge on any atom is 0.305 e. The van der Waals surface area contributed by atoms with Gasteiger partial charge in [-0.15, -0.1) is 0 Å². The van der Waals surface area contributed by atoms with Crippen LogP contribution in [0.2, 0.25) is 0 Å². The number of carbonyl (C=O) groups is 1. The molecule has 0 aromatic rings. The van der Waals surface area contributed by atoms with E-state index in [2.05, 4.69) is 6.92 Å². The Labute approximate surface area is 96.0 Å². The number of esters is 1. The van der Waals surface area contributed by atoms with E-state index in [9.17, 15) is 9.90 Å². The van der Waals surface area contributed by atoms with E-state index in [0.29, 0.717) is 6.42 Å². The molecule has 0 saturated carbocycles. The van der Waals surface area contributed by atoms with Gasteiger partial charge in [-0.2, -0.15) is 0 Å². The van der Waals surface area contributed by atoms with E-state index in [1.54, 1.807) is 0 Å². The summed E-state index contributed by atoms with van der Waals surface area (Å²) in [4.78, 5) is 11.1. The van der Waals surface area contributed by atoms with Gasteiger partial charge in [-0.05, 0) is 6.42 Å². The first-order chi connectivity index (χ1) is 7.61. The molecule has 0 aromatic carbocycles. The molecule has 0 aromatic heterocycles. The van der Waals surface area contributed by atoms with Crippen LogP contribution in [-0.4, -0.2) is 46.7 Å². The van der Waals surface area contributed by atoms with E-state index < -0.39 is 18.8 Å². The Balaban J connectivity index is 3.49. The van der Waals surface area contributed by atoms with E-state index in [-0.39, 0.29) is 12.6 Å². The second kappa shape index (κ2) is 9.57. The SMILES string of the molecule is CCCCCCC(=O)OCC(O)C(O)CO. The van der Waals surface area contributed by atoms with Crippen molar-refractivity contribution in [1.82, 2.24) is 0 Å². The van der Waals surface area contributed by atoms with Crippen LogP contribution in [0.5, 0.6) is 0 Å². The molecule has 0 aliphatic carbocycles. The van der Waals surface area contributed by atoms with Crippen molar-refractivity contribution in [2.75, 3.05) is 13.2 Å². The maximum absolute atomic E-state index is 11.1. The van der Waals surface area contributed by atoms with Crippen molar-refractivity contribution in [3.8, 4) is 0 Å². The van der Waals surface area contributed by atoms with Crippen LogP contribution in [0.25, 0.3) is 0 Å². The summed E-state index contributed by atoms with van der Waals surface area (Å²) < 4.78 is 4.75. The Morgan fingerprint density at radius 2 is 1.88 bits per heavy atom. The van der Waals surface area contributed by atoms with Gasteiger partial charge in [-0.1, -0.05) is 26.2 Å². The van der Waals surface area contributed by atoms with Gasteiger partial charge in [0.05, 0.1) is 6.61 Å². The fraction of sp³-hybridized carbons (Fsp3) is 0.909. The van der Waals surface area contributed by atoms with Crippen LogP contribution in [0.3, 0.4) is 0 Å². The third-order valence-electron chi connectivity index (χ3n) is 2.28. The van der Waals surface area contributed by atoms with Crippen LogP contribution in [0.4, 0.5) is 0 Å². The normalized spacial score (nSPS) is 14.5. The standard InChI is InChI=1S/C11H22O5/c1-2-3-4-5-6-11(15)16-8-10(14)9(13)7-12/h9-10,12-14H,2-8H2,1H3. The highest BCUT2D eigenvalue weighted by molar-refractivity contribution is 5.69. The van der Waals surface area contributed by atoms with Gasteiger partial charge in [-0.25, -0.2) is 0 Å². The zero-order chi connectivity index (χ0) is 12.4. The van der Waals surface area contributed by atoms with Gasteiger partial charge >= 0.3 is 5.97 Å². The Kier molecular flexibility index (Phi) is 9.18. The van der Waals surface area contributed by atoms with Crippen molar-refractivity contribution >= 4 is 5.97 Å². The van der Waals surface area contributed by atoms with Gasteiger partial charge < -0.3 is 20.1 Å². The highest BCUT2D eigenvalue weighted by atomic mass is 16.5. The molecule has 96 valence electrons. The minimum Gasteiger partial charge on any atom is -0.463 e. The lowest BCUT2D eigenvalue weighted by atomic mass is 10.1. The van der Waals surface area contributed by atoms with E-state index in [4.69, 9.17) is 14.9 Å². The molecule has 2 unspecified atom stereocenters. The number of rotatable bonds is 9. The average molecular weight is 234 g/mol. The first-order valence-corrected chi connectivity index (χ1v) is 5.74. The second-order valence-corrected chi connectivity index (χ2v) is 3.81. The Bertz CT molecular complexity index is 183. The van der Waals surface area contributed by atoms with Crippen molar-refractivity contribution in [1.29, 1.82) is 0 Å². The third-order valence-corrected chi connectivity index (χ3v) is 2.28. The number of hydrogen-bond acceptors (Lipinski definition) is 5. The monoisotopic (exact) mass is 234 g/mol. The molecule has 0 heterocycles. The van der Waals surface area contributed by atoms with Gasteiger partial charge in [-0.3, -0.25) is 4.79 Å². The molecule has 5 heteroatoms. The summed E-state index contributed by atoms with van der Waals surface area (Å²) >= 11 is 0. The Hall–Kier alpha value is -0.650. The van der Waals surface area contributed by atoms with Crippen molar-refractivity contribution in [3.05, 3.63) is 0 Å². The molecule has 5 nitrogen and oxygen atoms in total. The van der Waals surface area contributed by atoms with Crippen LogP contribution in [-0.2, 0) is 9.53 Å². The van der Waals surface area contributed by atoms with Gasteiger partial charge in [0, 0.05) is 6.42 Å². The maximum atomic E-state index is 11.1. The number of hydrogen-bond donors (Lipinski definition) is 3. The molecule has 3 N–H and O–H groups in total. The summed E-state index contributed by atoms with van der Waals surface area (Å²) in [5, 5.41) is 26.7. The number of unbranched alkanes of at least 4 members (excludes halogenated alkanes) is 3. The van der Waals surface area contributed by atoms with Gasteiger partial charge in [0.1, 0.15) is 18.8 Å². The van der Waals surface area contributed by atoms with Crippen LogP contribution >= 0.6 is 0 Å². The molecule has 2 atom stereocenters. The number of carbonyl (C=O) groups excluding carboxylic acids is 1. The fourth-order valence-corrected chi connectivity index (χ4v) is 1.18. The lowest BCUT2D eigenvalue weighted by molar-refractivity contribution is -0.149. The van der Waals surface area contributed by atoms with Crippen LogP contribution in [0.15, 0.2) is 0 Å². The molecule has 0 amide bonds. The van der Waals surface area contributed by atoms with Crippen LogP contribution < -0.4 is 0 Å². The van der Waals surface area contributed by atoms with Crippen LogP contribution in [0, 0.1) is 0 Å². The lowest BCUT2D eigenvalue weighted by Crippen LogP contribution is -2.34. The van der Waals surface area contributed by atoms with E-state index >= 15 is 0 Å². The minimum atomic E-state index is -1.26. The molecule has 0 fully saturated rings. The van der Waals surface area contributed by atoms with E-state index in [0.717, 1.165) is 25.7 Å². The topological polar surface area (TPSA) is 87.0 Å². The smallest absolute Gasteiger partial charge is 0.305 e. The molecule has 0 rings (SSSR count). The fourth-order valence-electron chi connectivity index (χ4n) is 1.18. The Morgan fingerprint density at radius 3 is 2.44 bits per heavy atom. The summed E-state index contributed by atoms with van der Waals surface area (Å²) in [6.45, 7) is 1.27. The minimum absolute atomic E-state index is 0.270. The summed E-state index contributed by atoms with van der Waals surface area (Å²) in [5.74, 6) is -0.375. The quantitative estimate of drug-likeness (QED) is 0.392. The molecular formula is C11H22O5. The molecule has 0 aliphatic rings. The van der Waals surface area contributed by atoms with Gasteiger partial charge in [0.15, 0.2) is 0 Å². The Morgan fingerprint density at radius 1 is 1.19 bits per heavy atom. The highest BCUT2D eigenvalue weighted by Gasteiger charge is 2.16. The molecule has 0 radical (unpaired) electrons. The van der Waals surface area contributed by atoms with Gasteiger partial charge in [0.2, 0.25) is 0 Å². The largest absolute Gasteiger partial charge is 0.463 e. The van der Waals surface area contributed by atoms with Crippen molar-refractivity contribution in [2.45, 2.75) is 51.2 Å². The van der Waals surface area contributed by atoms with Crippen molar-refractivity contribution < 1.29 is 24.9 Å². The number of aliphatic hydroxyl groups is 3. The molecule has 0 saturated heterocycles. The summed E-state index contributed by atoms with van der Waals surface area (Å²) in [5.41, 5.74) is 0. The van der Waals surface area contributed by atoms with Gasteiger partial charge in [0.25, 0.3) is 0 Å². The van der Waals surface area contributed by atoms with Crippen molar-refractivity contribution in [3.63, 3.8) is 0 Å². The van der Waals surface area contributed by atoms with E-state index in [1.165, 1.54) is 0 Å². The predicted molar refractivity (Wildman–Crippen MR) is 58.8 cm³/mol. The summed E-state index contributed by atoms with van der Waals surface area (Å²) in [7, 11) is 0. The predicted octanol–water partition coefficient (Wildman–Crippen LogP) is 0.214. The lowest BCUT2D eigenvalue weighted by Gasteiger charge is -2.15. The van der Waals surface area contributed by atoms with Crippen molar-refractivity contribution in [2.24, 2.45) is 0 Å². The molecular weight excluding hydrogens is 212 g/mol. The summed E-state index contributed by atoms with van der Waals surface area (Å²) in [6.07, 6.45) is 1.84. The zero-order valence-corrected chi connectivity index (χ0v) is 9.76. The average Bonchev–Trinajstić information content (AvgIpc) is 2.30. The number of ether oxygens (including phenoxy) is 1. The van der Waals surface area contributed by atoms with E-state index in [1.807, 2.05) is 0 Å². The summed E-state index contributed by atoms with van der Waals surface area (Å²) in [6, 6.07) is 0. The zero-order valence-electron chi connectivity index (χ0n) is 9.76.